The third-order valence-electron chi connectivity index (χ3n) is 3.37. The summed E-state index contributed by atoms with van der Waals surface area (Å²) in [5.74, 6) is 0.854. The van der Waals surface area contributed by atoms with Gasteiger partial charge in [0.1, 0.15) is 5.40 Å². The van der Waals surface area contributed by atoms with Gasteiger partial charge in [-0.3, -0.25) is 0 Å². The van der Waals surface area contributed by atoms with E-state index in [0.29, 0.717) is 5.25 Å². The van der Waals surface area contributed by atoms with Crippen LogP contribution in [-0.4, -0.2) is 5.25 Å². The molecule has 0 saturated carbocycles. The zero-order chi connectivity index (χ0) is 13.4. The Morgan fingerprint density at radius 2 is 1.89 bits per heavy atom. The summed E-state index contributed by atoms with van der Waals surface area (Å²) in [5, 5.41) is 11.5. The molecule has 0 spiro atoms. The number of nitriles is 1. The standard InChI is InChI=1S/C15H23NS2/c1-4-12(2)5-6-13(3)18-15-9-7-14(8-10-15)17-11-16/h7,9,12-13H,4-6,8,10H2,1-3H3. The summed E-state index contributed by atoms with van der Waals surface area (Å²) in [5.41, 5.74) is 0. The van der Waals surface area contributed by atoms with Gasteiger partial charge in [0.15, 0.2) is 0 Å². The molecule has 2 unspecified atom stereocenters. The number of rotatable bonds is 7. The van der Waals surface area contributed by atoms with E-state index in [4.69, 9.17) is 5.26 Å². The van der Waals surface area contributed by atoms with Gasteiger partial charge in [-0.05, 0) is 48.3 Å². The first-order valence-electron chi connectivity index (χ1n) is 6.78. The maximum Gasteiger partial charge on any atom is 0.138 e. The van der Waals surface area contributed by atoms with Crippen molar-refractivity contribution in [2.75, 3.05) is 0 Å². The van der Waals surface area contributed by atoms with E-state index in [2.05, 4.69) is 38.3 Å². The van der Waals surface area contributed by atoms with Crippen LogP contribution in [0.25, 0.3) is 0 Å². The molecule has 18 heavy (non-hydrogen) atoms. The molecule has 0 heterocycles. The van der Waals surface area contributed by atoms with Crippen molar-refractivity contribution in [3.05, 3.63) is 22.0 Å². The van der Waals surface area contributed by atoms with E-state index in [1.165, 1.54) is 40.8 Å². The van der Waals surface area contributed by atoms with E-state index in [9.17, 15) is 0 Å². The lowest BCUT2D eigenvalue weighted by Crippen LogP contribution is -2.02. The molecule has 0 radical (unpaired) electrons. The smallest absolute Gasteiger partial charge is 0.138 e. The lowest BCUT2D eigenvalue weighted by atomic mass is 10.0. The van der Waals surface area contributed by atoms with Crippen molar-refractivity contribution < 1.29 is 0 Å². The van der Waals surface area contributed by atoms with Crippen LogP contribution in [0.5, 0.6) is 0 Å². The minimum absolute atomic E-state index is 0.712. The maximum atomic E-state index is 8.62. The lowest BCUT2D eigenvalue weighted by Gasteiger charge is -2.18. The Hall–Kier alpha value is -0.330. The minimum atomic E-state index is 0.712. The van der Waals surface area contributed by atoms with Crippen molar-refractivity contribution in [2.45, 2.75) is 58.1 Å². The van der Waals surface area contributed by atoms with Crippen molar-refractivity contribution in [1.29, 1.82) is 5.26 Å². The average molecular weight is 281 g/mol. The highest BCUT2D eigenvalue weighted by atomic mass is 32.2. The molecule has 1 rings (SSSR count). The fourth-order valence-corrected chi connectivity index (χ4v) is 3.48. The number of hydrogen-bond donors (Lipinski definition) is 0. The molecule has 2 atom stereocenters. The molecule has 1 aliphatic rings. The second-order valence-corrected chi connectivity index (χ2v) is 7.45. The molecule has 0 N–H and O–H groups in total. The van der Waals surface area contributed by atoms with Gasteiger partial charge in [-0.25, -0.2) is 0 Å². The highest BCUT2D eigenvalue weighted by Crippen LogP contribution is 2.35. The fourth-order valence-electron chi connectivity index (χ4n) is 1.88. The quantitative estimate of drug-likeness (QED) is 0.558. The maximum absolute atomic E-state index is 8.62. The Bertz CT molecular complexity index is 352. The van der Waals surface area contributed by atoms with E-state index >= 15 is 0 Å². The van der Waals surface area contributed by atoms with Gasteiger partial charge in [-0.1, -0.05) is 39.3 Å². The molecular formula is C15H23NS2. The molecule has 0 aromatic rings. The Labute approximate surface area is 120 Å². The first kappa shape index (κ1) is 15.7. The SMILES string of the molecule is CCC(C)CCC(C)SC1=CC=C(SC#N)CC1. The predicted octanol–water partition coefficient (Wildman–Crippen LogP) is 5.71. The summed E-state index contributed by atoms with van der Waals surface area (Å²) in [7, 11) is 0. The zero-order valence-electron chi connectivity index (χ0n) is 11.6. The molecule has 0 aromatic heterocycles. The molecular weight excluding hydrogens is 258 g/mol. The van der Waals surface area contributed by atoms with E-state index in [0.717, 1.165) is 18.8 Å². The van der Waals surface area contributed by atoms with Gasteiger partial charge < -0.3 is 0 Å². The van der Waals surface area contributed by atoms with Crippen LogP contribution in [0.2, 0.25) is 0 Å². The summed E-state index contributed by atoms with van der Waals surface area (Å²) < 4.78 is 0. The van der Waals surface area contributed by atoms with Crippen molar-refractivity contribution in [3.63, 3.8) is 0 Å². The van der Waals surface area contributed by atoms with E-state index in [1.807, 2.05) is 11.8 Å². The van der Waals surface area contributed by atoms with Gasteiger partial charge >= 0.3 is 0 Å². The van der Waals surface area contributed by atoms with Gasteiger partial charge in [0.05, 0.1) is 0 Å². The summed E-state index contributed by atoms with van der Waals surface area (Å²) in [6, 6.07) is 0. The summed E-state index contributed by atoms with van der Waals surface area (Å²) in [4.78, 5) is 2.68. The van der Waals surface area contributed by atoms with Crippen molar-refractivity contribution in [3.8, 4) is 5.40 Å². The number of thioether (sulfide) groups is 2. The largest absolute Gasteiger partial charge is 0.185 e. The van der Waals surface area contributed by atoms with Gasteiger partial charge in [0.25, 0.3) is 0 Å². The van der Waals surface area contributed by atoms with Crippen LogP contribution < -0.4 is 0 Å². The first-order valence-corrected chi connectivity index (χ1v) is 8.47. The Morgan fingerprint density at radius 3 is 2.44 bits per heavy atom. The number of allylic oxidation sites excluding steroid dienone is 4. The average Bonchev–Trinajstić information content (AvgIpc) is 2.38. The molecule has 0 fully saturated rings. The minimum Gasteiger partial charge on any atom is -0.185 e. The molecule has 0 bridgehead atoms. The number of thiocyanates is 1. The highest BCUT2D eigenvalue weighted by Gasteiger charge is 2.12. The van der Waals surface area contributed by atoms with Gasteiger partial charge in [-0.2, -0.15) is 5.26 Å². The van der Waals surface area contributed by atoms with E-state index in [-0.39, 0.29) is 0 Å². The van der Waals surface area contributed by atoms with Crippen LogP contribution in [0.15, 0.2) is 22.0 Å². The fraction of sp³-hybridized carbons (Fsp3) is 0.667. The van der Waals surface area contributed by atoms with Gasteiger partial charge in [0, 0.05) is 10.2 Å². The Kier molecular flexibility index (Phi) is 7.62. The summed E-state index contributed by atoms with van der Waals surface area (Å²) in [6.45, 7) is 6.94. The van der Waals surface area contributed by atoms with Gasteiger partial charge in [-0.15, -0.1) is 11.8 Å². The Balaban J connectivity index is 2.33. The molecule has 0 saturated heterocycles. The van der Waals surface area contributed by atoms with Crippen molar-refractivity contribution in [1.82, 2.24) is 0 Å². The molecule has 1 nitrogen and oxygen atoms in total. The lowest BCUT2D eigenvalue weighted by molar-refractivity contribution is 0.495. The van der Waals surface area contributed by atoms with Crippen LogP contribution >= 0.6 is 23.5 Å². The highest BCUT2D eigenvalue weighted by molar-refractivity contribution is 8.07. The summed E-state index contributed by atoms with van der Waals surface area (Å²) in [6.07, 6.45) is 10.4. The Morgan fingerprint density at radius 1 is 1.22 bits per heavy atom. The number of nitrogens with zero attached hydrogens (tertiary/aromatic N) is 1. The van der Waals surface area contributed by atoms with E-state index < -0.39 is 0 Å². The number of hydrogen-bond acceptors (Lipinski definition) is 3. The van der Waals surface area contributed by atoms with Crippen LogP contribution in [0.3, 0.4) is 0 Å². The topological polar surface area (TPSA) is 23.8 Å². The zero-order valence-corrected chi connectivity index (χ0v) is 13.2. The first-order chi connectivity index (χ1) is 8.65. The van der Waals surface area contributed by atoms with Crippen LogP contribution in [0, 0.1) is 16.6 Å². The second kappa shape index (κ2) is 8.72. The van der Waals surface area contributed by atoms with Crippen molar-refractivity contribution in [2.24, 2.45) is 5.92 Å². The monoisotopic (exact) mass is 281 g/mol. The normalized spacial score (nSPS) is 18.6. The molecule has 1 aliphatic carbocycles. The van der Waals surface area contributed by atoms with Crippen LogP contribution in [0.4, 0.5) is 0 Å². The molecule has 3 heteroatoms. The molecule has 100 valence electrons. The van der Waals surface area contributed by atoms with Crippen LogP contribution in [0.1, 0.15) is 52.9 Å². The third-order valence-corrected chi connectivity index (χ3v) is 5.34. The van der Waals surface area contributed by atoms with E-state index in [1.54, 1.807) is 0 Å². The third kappa shape index (κ3) is 6.02. The van der Waals surface area contributed by atoms with Crippen LogP contribution in [-0.2, 0) is 0 Å². The van der Waals surface area contributed by atoms with Gasteiger partial charge in [0.2, 0.25) is 0 Å². The van der Waals surface area contributed by atoms with Crippen molar-refractivity contribution >= 4 is 23.5 Å². The molecule has 0 amide bonds. The predicted molar refractivity (Wildman–Crippen MR) is 84.3 cm³/mol. The summed E-state index contributed by atoms with van der Waals surface area (Å²) >= 11 is 3.32. The molecule has 0 aliphatic heterocycles. The molecule has 0 aromatic carbocycles. The second-order valence-electron chi connectivity index (χ2n) is 4.98.